The Bertz CT molecular complexity index is 509. The molecule has 5 heteroatoms. The van der Waals surface area contributed by atoms with Crippen molar-refractivity contribution in [1.29, 1.82) is 0 Å². The molecule has 2 aromatic rings. The highest BCUT2D eigenvalue weighted by Crippen LogP contribution is 2.29. The van der Waals surface area contributed by atoms with E-state index >= 15 is 0 Å². The van der Waals surface area contributed by atoms with E-state index in [1.807, 2.05) is 25.1 Å². The molecule has 0 aliphatic rings. The molecular weight excluding hydrogens is 323 g/mol. The summed E-state index contributed by atoms with van der Waals surface area (Å²) in [6, 6.07) is 7.54. The van der Waals surface area contributed by atoms with Crippen LogP contribution in [0.4, 0.5) is 11.5 Å². The van der Waals surface area contributed by atoms with Crippen molar-refractivity contribution in [3.05, 3.63) is 50.5 Å². The van der Waals surface area contributed by atoms with E-state index in [2.05, 4.69) is 26.2 Å². The van der Waals surface area contributed by atoms with Crippen molar-refractivity contribution in [2.24, 2.45) is 0 Å². The van der Waals surface area contributed by atoms with E-state index in [0.29, 0.717) is 15.9 Å². The minimum Gasteiger partial charge on any atom is -0.338 e. The molecule has 0 aliphatic carbocycles. The summed E-state index contributed by atoms with van der Waals surface area (Å²) < 4.78 is 0.836. The van der Waals surface area contributed by atoms with Crippen LogP contribution in [-0.2, 0) is 0 Å². The van der Waals surface area contributed by atoms with Gasteiger partial charge in [0, 0.05) is 10.7 Å². The molecule has 0 saturated carbocycles. The molecular formula is C12H9BrCl2N2. The Morgan fingerprint density at radius 3 is 2.59 bits per heavy atom. The minimum absolute atomic E-state index is 0.538. The van der Waals surface area contributed by atoms with E-state index in [9.17, 15) is 0 Å². The van der Waals surface area contributed by atoms with Crippen molar-refractivity contribution < 1.29 is 0 Å². The van der Waals surface area contributed by atoms with Gasteiger partial charge in [-0.25, -0.2) is 4.98 Å². The van der Waals surface area contributed by atoms with Crippen LogP contribution in [0.25, 0.3) is 0 Å². The van der Waals surface area contributed by atoms with Gasteiger partial charge in [-0.15, -0.1) is 0 Å². The predicted octanol–water partition coefficient (Wildman–Crippen LogP) is 5.20. The van der Waals surface area contributed by atoms with Gasteiger partial charge in [0.1, 0.15) is 5.82 Å². The Labute approximate surface area is 118 Å². The number of halogens is 3. The highest BCUT2D eigenvalue weighted by Gasteiger charge is 2.06. The Kier molecular flexibility index (Phi) is 3.92. The van der Waals surface area contributed by atoms with Gasteiger partial charge in [0.05, 0.1) is 15.7 Å². The second-order valence-electron chi connectivity index (χ2n) is 3.59. The van der Waals surface area contributed by atoms with E-state index in [0.717, 1.165) is 15.7 Å². The number of pyridine rings is 1. The third kappa shape index (κ3) is 3.12. The maximum atomic E-state index is 6.12. The van der Waals surface area contributed by atoms with E-state index < -0.39 is 0 Å². The SMILES string of the molecule is Cc1ccc(Nc2ncc(Br)cc2Cl)c(Cl)c1. The first-order chi connectivity index (χ1) is 8.06. The van der Waals surface area contributed by atoms with Crippen molar-refractivity contribution in [3.8, 4) is 0 Å². The molecule has 17 heavy (non-hydrogen) atoms. The molecule has 1 heterocycles. The summed E-state index contributed by atoms with van der Waals surface area (Å²) in [5.74, 6) is 0.584. The molecule has 0 amide bonds. The third-order valence-corrected chi connectivity index (χ3v) is 3.22. The molecule has 0 unspecified atom stereocenters. The monoisotopic (exact) mass is 330 g/mol. The largest absolute Gasteiger partial charge is 0.338 e. The zero-order valence-corrected chi connectivity index (χ0v) is 12.1. The van der Waals surface area contributed by atoms with E-state index in [-0.39, 0.29) is 0 Å². The van der Waals surface area contributed by atoms with Crippen molar-refractivity contribution in [1.82, 2.24) is 4.98 Å². The first kappa shape index (κ1) is 12.7. The smallest absolute Gasteiger partial charge is 0.149 e. The number of anilines is 2. The molecule has 0 fully saturated rings. The number of hydrogen-bond acceptors (Lipinski definition) is 2. The summed E-state index contributed by atoms with van der Waals surface area (Å²) in [5, 5.41) is 4.28. The summed E-state index contributed by atoms with van der Waals surface area (Å²) in [7, 11) is 0. The van der Waals surface area contributed by atoms with E-state index in [1.54, 1.807) is 12.3 Å². The van der Waals surface area contributed by atoms with Gasteiger partial charge in [-0.2, -0.15) is 0 Å². The van der Waals surface area contributed by atoms with Gasteiger partial charge in [0.15, 0.2) is 0 Å². The second kappa shape index (κ2) is 5.25. The van der Waals surface area contributed by atoms with Crippen LogP contribution in [0.3, 0.4) is 0 Å². The van der Waals surface area contributed by atoms with Crippen molar-refractivity contribution >= 4 is 50.6 Å². The molecule has 0 aliphatic heterocycles. The fourth-order valence-electron chi connectivity index (χ4n) is 1.36. The molecule has 2 nitrogen and oxygen atoms in total. The summed E-state index contributed by atoms with van der Waals surface area (Å²) in [4.78, 5) is 4.19. The lowest BCUT2D eigenvalue weighted by Crippen LogP contribution is -1.95. The lowest BCUT2D eigenvalue weighted by molar-refractivity contribution is 1.29. The van der Waals surface area contributed by atoms with Crippen LogP contribution >= 0.6 is 39.1 Å². The molecule has 1 N–H and O–H groups in total. The molecule has 88 valence electrons. The van der Waals surface area contributed by atoms with Crippen molar-refractivity contribution in [2.75, 3.05) is 5.32 Å². The van der Waals surface area contributed by atoms with E-state index in [4.69, 9.17) is 23.2 Å². The maximum Gasteiger partial charge on any atom is 0.149 e. The summed E-state index contributed by atoms with van der Waals surface area (Å²) >= 11 is 15.5. The zero-order chi connectivity index (χ0) is 12.4. The normalized spacial score (nSPS) is 10.4. The van der Waals surface area contributed by atoms with Gasteiger partial charge in [-0.3, -0.25) is 0 Å². The van der Waals surface area contributed by atoms with Crippen molar-refractivity contribution in [2.45, 2.75) is 6.92 Å². The molecule has 0 bridgehead atoms. The number of nitrogens with zero attached hydrogens (tertiary/aromatic N) is 1. The number of benzene rings is 1. The molecule has 1 aromatic carbocycles. The van der Waals surface area contributed by atoms with Crippen LogP contribution in [-0.4, -0.2) is 4.98 Å². The number of aryl methyl sites for hydroxylation is 1. The number of nitrogens with one attached hydrogen (secondary N) is 1. The maximum absolute atomic E-state index is 6.12. The van der Waals surface area contributed by atoms with Gasteiger partial charge in [-0.1, -0.05) is 29.3 Å². The lowest BCUT2D eigenvalue weighted by atomic mass is 10.2. The quantitative estimate of drug-likeness (QED) is 0.817. The predicted molar refractivity (Wildman–Crippen MR) is 76.4 cm³/mol. The molecule has 1 aromatic heterocycles. The van der Waals surface area contributed by atoms with Gasteiger partial charge >= 0.3 is 0 Å². The standard InChI is InChI=1S/C12H9BrCl2N2/c1-7-2-3-11(9(14)4-7)17-12-10(15)5-8(13)6-16-12/h2-6H,1H3,(H,16,17). The zero-order valence-electron chi connectivity index (χ0n) is 8.97. The van der Waals surface area contributed by atoms with Crippen LogP contribution < -0.4 is 5.32 Å². The fraction of sp³-hybridized carbons (Fsp3) is 0.0833. The average Bonchev–Trinajstić information content (AvgIpc) is 2.25. The Hall–Kier alpha value is -0.770. The first-order valence-corrected chi connectivity index (χ1v) is 6.45. The number of hydrogen-bond donors (Lipinski definition) is 1. The van der Waals surface area contributed by atoms with Crippen LogP contribution in [0.5, 0.6) is 0 Å². The van der Waals surface area contributed by atoms with Gasteiger partial charge in [-0.05, 0) is 46.6 Å². The highest BCUT2D eigenvalue weighted by molar-refractivity contribution is 9.10. The second-order valence-corrected chi connectivity index (χ2v) is 5.32. The highest BCUT2D eigenvalue weighted by atomic mass is 79.9. The van der Waals surface area contributed by atoms with Gasteiger partial charge in [0.2, 0.25) is 0 Å². The Balaban J connectivity index is 2.31. The van der Waals surface area contributed by atoms with E-state index in [1.165, 1.54) is 0 Å². The van der Waals surface area contributed by atoms with Crippen LogP contribution in [0.2, 0.25) is 10.0 Å². The van der Waals surface area contributed by atoms with Crippen LogP contribution in [0.15, 0.2) is 34.9 Å². The first-order valence-electron chi connectivity index (χ1n) is 4.90. The number of aromatic nitrogens is 1. The molecule has 0 atom stereocenters. The molecule has 0 saturated heterocycles. The van der Waals surface area contributed by atoms with Gasteiger partial charge in [0.25, 0.3) is 0 Å². The molecule has 0 spiro atoms. The lowest BCUT2D eigenvalue weighted by Gasteiger charge is -2.09. The number of rotatable bonds is 2. The minimum atomic E-state index is 0.538. The summed E-state index contributed by atoms with van der Waals surface area (Å²) in [6.07, 6.45) is 1.68. The molecule has 2 rings (SSSR count). The van der Waals surface area contributed by atoms with Crippen LogP contribution in [0, 0.1) is 6.92 Å². The van der Waals surface area contributed by atoms with Crippen molar-refractivity contribution in [3.63, 3.8) is 0 Å². The third-order valence-electron chi connectivity index (χ3n) is 2.19. The average molecular weight is 332 g/mol. The van der Waals surface area contributed by atoms with Crippen LogP contribution in [0.1, 0.15) is 5.56 Å². The summed E-state index contributed by atoms with van der Waals surface area (Å²) in [5.41, 5.74) is 1.89. The Morgan fingerprint density at radius 1 is 1.18 bits per heavy atom. The molecule has 0 radical (unpaired) electrons. The topological polar surface area (TPSA) is 24.9 Å². The fourth-order valence-corrected chi connectivity index (χ4v) is 2.31. The van der Waals surface area contributed by atoms with Gasteiger partial charge < -0.3 is 5.32 Å². The summed E-state index contributed by atoms with van der Waals surface area (Å²) in [6.45, 7) is 1.99. The Morgan fingerprint density at radius 2 is 1.94 bits per heavy atom.